The van der Waals surface area contributed by atoms with Crippen molar-refractivity contribution in [3.05, 3.63) is 59.2 Å². The lowest BCUT2D eigenvalue weighted by molar-refractivity contribution is -0.155. The number of esters is 1. The summed E-state index contributed by atoms with van der Waals surface area (Å²) in [5.74, 6) is -0.520. The Labute approximate surface area is 226 Å². The van der Waals surface area contributed by atoms with Gasteiger partial charge in [-0.1, -0.05) is 24.3 Å². The van der Waals surface area contributed by atoms with Crippen molar-refractivity contribution in [1.29, 1.82) is 0 Å². The van der Waals surface area contributed by atoms with Crippen molar-refractivity contribution in [2.75, 3.05) is 31.8 Å². The third-order valence-corrected chi connectivity index (χ3v) is 5.81. The molecule has 0 aliphatic carbocycles. The van der Waals surface area contributed by atoms with Gasteiger partial charge in [0.15, 0.2) is 5.11 Å². The number of urea groups is 1. The van der Waals surface area contributed by atoms with Gasteiger partial charge in [-0.2, -0.15) is 13.2 Å². The molecule has 5 N–H and O–H groups in total. The lowest BCUT2D eigenvalue weighted by atomic mass is 9.91. The van der Waals surface area contributed by atoms with Gasteiger partial charge < -0.3 is 31.3 Å². The second-order valence-corrected chi connectivity index (χ2v) is 10.7. The lowest BCUT2D eigenvalue weighted by Crippen LogP contribution is -2.49. The van der Waals surface area contributed by atoms with E-state index in [2.05, 4.69) is 16.0 Å². The van der Waals surface area contributed by atoms with Crippen molar-refractivity contribution >= 4 is 40.7 Å². The van der Waals surface area contributed by atoms with Gasteiger partial charge in [0, 0.05) is 20.6 Å². The number of hydrogen-bond donors (Lipinski definition) is 4. The summed E-state index contributed by atoms with van der Waals surface area (Å²) >= 11 is 5.47. The minimum atomic E-state index is -4.56. The molecule has 0 aromatic heterocycles. The van der Waals surface area contributed by atoms with Crippen LogP contribution in [0.3, 0.4) is 0 Å². The zero-order valence-corrected chi connectivity index (χ0v) is 23.1. The molecule has 2 aromatic rings. The fourth-order valence-corrected chi connectivity index (χ4v) is 3.60. The number of carbonyl (C=O) groups is 2. The number of hydrogen-bond acceptors (Lipinski definition) is 5. The van der Waals surface area contributed by atoms with E-state index in [0.717, 1.165) is 12.1 Å². The summed E-state index contributed by atoms with van der Waals surface area (Å²) in [7, 11) is 3.22. The fourth-order valence-electron chi connectivity index (χ4n) is 3.27. The average Bonchev–Trinajstić information content (AvgIpc) is 2.81. The predicted octanol–water partition coefficient (Wildman–Crippen LogP) is 4.85. The molecular weight excluding hydrogens is 519 g/mol. The Morgan fingerprint density at radius 3 is 2.21 bits per heavy atom. The van der Waals surface area contributed by atoms with Crippen LogP contribution in [0, 0.1) is 5.41 Å². The van der Waals surface area contributed by atoms with Crippen LogP contribution in [-0.2, 0) is 27.8 Å². The van der Waals surface area contributed by atoms with Gasteiger partial charge in [-0.15, -0.1) is 0 Å². The number of nitrogens with zero attached hydrogens (tertiary/aromatic N) is 1. The summed E-state index contributed by atoms with van der Waals surface area (Å²) in [4.78, 5) is 25.7. The van der Waals surface area contributed by atoms with Crippen molar-refractivity contribution in [3.8, 4) is 0 Å². The van der Waals surface area contributed by atoms with Crippen molar-refractivity contribution in [2.45, 2.75) is 46.0 Å². The maximum atomic E-state index is 13.4. The van der Waals surface area contributed by atoms with E-state index in [1.165, 1.54) is 17.0 Å². The Hall–Kier alpha value is -3.54. The van der Waals surface area contributed by atoms with Crippen LogP contribution in [0.1, 0.15) is 44.4 Å². The first-order valence-electron chi connectivity index (χ1n) is 11.7. The van der Waals surface area contributed by atoms with E-state index in [9.17, 15) is 22.8 Å². The smallest absolute Gasteiger partial charge is 0.416 e. The number of nitrogens with two attached hydrogens (primary N) is 1. The normalized spacial score (nSPS) is 13.2. The van der Waals surface area contributed by atoms with Crippen LogP contribution in [-0.4, -0.2) is 42.7 Å². The largest absolute Gasteiger partial charge is 0.462 e. The van der Waals surface area contributed by atoms with E-state index in [4.69, 9.17) is 22.7 Å². The molecule has 2 aromatic carbocycles. The fraction of sp³-hybridized carbons (Fsp3) is 0.423. The molecule has 1 unspecified atom stereocenters. The van der Waals surface area contributed by atoms with E-state index in [1.807, 2.05) is 0 Å². The van der Waals surface area contributed by atoms with Crippen molar-refractivity contribution in [2.24, 2.45) is 5.41 Å². The molecule has 0 heterocycles. The zero-order valence-electron chi connectivity index (χ0n) is 22.2. The van der Waals surface area contributed by atoms with Gasteiger partial charge in [0.05, 0.1) is 27.9 Å². The number of alkyl halides is 3. The molecule has 0 saturated carbocycles. The molecule has 0 aliphatic heterocycles. The minimum Gasteiger partial charge on any atom is -0.462 e. The van der Waals surface area contributed by atoms with E-state index >= 15 is 0 Å². The molecule has 0 saturated heterocycles. The van der Waals surface area contributed by atoms with E-state index in [0.29, 0.717) is 16.9 Å². The molecule has 208 valence electrons. The van der Waals surface area contributed by atoms with Gasteiger partial charge in [0.1, 0.15) is 6.61 Å². The number of rotatable bonds is 7. The van der Waals surface area contributed by atoms with Crippen LogP contribution in [0.5, 0.6) is 0 Å². The number of nitrogens with one attached hydrogen (secondary N) is 3. The summed E-state index contributed by atoms with van der Waals surface area (Å²) in [6.45, 7) is 6.48. The Bertz CT molecular complexity index is 1180. The molecular formula is C26H34F3N5O3S. The Morgan fingerprint density at radius 1 is 1.03 bits per heavy atom. The van der Waals surface area contributed by atoms with E-state index in [1.54, 1.807) is 60.0 Å². The van der Waals surface area contributed by atoms with Crippen LogP contribution >= 0.6 is 12.2 Å². The number of nitrogen functional groups attached to an aromatic ring is 1. The highest BCUT2D eigenvalue weighted by molar-refractivity contribution is 7.80. The zero-order chi connectivity index (χ0) is 28.9. The molecule has 0 aliphatic rings. The van der Waals surface area contributed by atoms with Crippen LogP contribution < -0.4 is 21.7 Å². The molecule has 0 bridgehead atoms. The van der Waals surface area contributed by atoms with Crippen molar-refractivity contribution in [1.82, 2.24) is 15.5 Å². The first kappa shape index (κ1) is 30.7. The first-order valence-corrected chi connectivity index (χ1v) is 12.1. The number of thiocarbonyl (C=S) groups is 1. The average molecular weight is 554 g/mol. The molecule has 38 heavy (non-hydrogen) atoms. The van der Waals surface area contributed by atoms with Gasteiger partial charge >= 0.3 is 18.2 Å². The van der Waals surface area contributed by atoms with Gasteiger partial charge in [-0.05, 0) is 69.2 Å². The molecule has 8 nitrogen and oxygen atoms in total. The predicted molar refractivity (Wildman–Crippen MR) is 145 cm³/mol. The Balaban J connectivity index is 2.31. The quantitative estimate of drug-likeness (QED) is 0.221. The standard InChI is InChI=1S/C26H34F3N5O3S/c1-24(2,3)21(35)37-15-25(4,17-10-8-11-18(13-17)26(27,28)29)33-22(38)32-19-12-7-9-16(20(19)30)14-31-23(36)34(5)6/h7-13H,14-15,30H2,1-6H3,(H,31,36)(H2,32,33,38). The Kier molecular flexibility index (Phi) is 9.60. The molecule has 2 amide bonds. The topological polar surface area (TPSA) is 109 Å². The highest BCUT2D eigenvalue weighted by Gasteiger charge is 2.36. The van der Waals surface area contributed by atoms with Crippen LogP contribution in [0.2, 0.25) is 0 Å². The molecule has 0 spiro atoms. The third kappa shape index (κ3) is 8.23. The van der Waals surface area contributed by atoms with Gasteiger partial charge in [-0.3, -0.25) is 4.79 Å². The number of para-hydroxylation sites is 1. The minimum absolute atomic E-state index is 0.0397. The number of ether oxygens (including phenoxy) is 1. The third-order valence-electron chi connectivity index (χ3n) is 5.60. The summed E-state index contributed by atoms with van der Waals surface area (Å²) in [5, 5.41) is 8.72. The SMILES string of the molecule is CN(C)C(=O)NCc1cccc(NC(=S)NC(C)(COC(=O)C(C)(C)C)c2cccc(C(F)(F)F)c2)c1N. The van der Waals surface area contributed by atoms with E-state index < -0.39 is 28.7 Å². The first-order chi connectivity index (χ1) is 17.4. The van der Waals surface area contributed by atoms with Gasteiger partial charge in [-0.25, -0.2) is 4.79 Å². The molecule has 0 fully saturated rings. The van der Waals surface area contributed by atoms with E-state index in [-0.39, 0.29) is 29.9 Å². The second-order valence-electron chi connectivity index (χ2n) is 10.2. The molecule has 0 radical (unpaired) electrons. The number of benzene rings is 2. The number of amides is 2. The molecule has 12 heteroatoms. The monoisotopic (exact) mass is 553 g/mol. The summed E-state index contributed by atoms with van der Waals surface area (Å²) in [5.41, 5.74) is 4.89. The van der Waals surface area contributed by atoms with Gasteiger partial charge in [0.25, 0.3) is 0 Å². The van der Waals surface area contributed by atoms with Crippen LogP contribution in [0.4, 0.5) is 29.3 Å². The lowest BCUT2D eigenvalue weighted by Gasteiger charge is -2.33. The van der Waals surface area contributed by atoms with Crippen LogP contribution in [0.15, 0.2) is 42.5 Å². The Morgan fingerprint density at radius 2 is 1.63 bits per heavy atom. The number of anilines is 2. The molecule has 1 atom stereocenters. The summed E-state index contributed by atoms with van der Waals surface area (Å²) in [6, 6.07) is 9.57. The second kappa shape index (κ2) is 11.9. The summed E-state index contributed by atoms with van der Waals surface area (Å²) < 4.78 is 45.8. The highest BCUT2D eigenvalue weighted by Crippen LogP contribution is 2.33. The number of halogens is 3. The van der Waals surface area contributed by atoms with Gasteiger partial charge in [0.2, 0.25) is 0 Å². The number of carbonyl (C=O) groups excluding carboxylic acids is 2. The maximum Gasteiger partial charge on any atom is 0.416 e. The molecule has 2 rings (SSSR count). The van der Waals surface area contributed by atoms with Crippen LogP contribution in [0.25, 0.3) is 0 Å². The van der Waals surface area contributed by atoms with Crippen molar-refractivity contribution < 1.29 is 27.5 Å². The maximum absolute atomic E-state index is 13.4. The summed E-state index contributed by atoms with van der Waals surface area (Å²) in [6.07, 6.45) is -4.56. The van der Waals surface area contributed by atoms with Crippen molar-refractivity contribution in [3.63, 3.8) is 0 Å². The highest BCUT2D eigenvalue weighted by atomic mass is 32.1.